The van der Waals surface area contributed by atoms with Gasteiger partial charge in [-0.1, -0.05) is 5.16 Å². The molecule has 0 radical (unpaired) electrons. The van der Waals surface area contributed by atoms with Crippen LogP contribution in [0.4, 0.5) is 0 Å². The molecule has 2 aliphatic heterocycles. The van der Waals surface area contributed by atoms with E-state index in [2.05, 4.69) is 15.5 Å². The average Bonchev–Trinajstić information content (AvgIpc) is 2.96. The van der Waals surface area contributed by atoms with Crippen LogP contribution in [-0.4, -0.2) is 37.4 Å². The van der Waals surface area contributed by atoms with E-state index < -0.39 is 15.1 Å². The number of piperidine rings is 1. The molecule has 2 fully saturated rings. The fourth-order valence-electron chi connectivity index (χ4n) is 2.68. The van der Waals surface area contributed by atoms with Crippen LogP contribution in [0.2, 0.25) is 0 Å². The predicted molar refractivity (Wildman–Crippen MR) is 64.9 cm³/mol. The zero-order valence-corrected chi connectivity index (χ0v) is 10.9. The van der Waals surface area contributed by atoms with Crippen molar-refractivity contribution in [3.05, 3.63) is 11.7 Å². The molecule has 7 heteroatoms. The van der Waals surface area contributed by atoms with Crippen molar-refractivity contribution in [2.45, 2.75) is 36.9 Å². The fourth-order valence-corrected chi connectivity index (χ4v) is 4.47. The highest BCUT2D eigenvalue weighted by molar-refractivity contribution is 7.91. The summed E-state index contributed by atoms with van der Waals surface area (Å²) in [4.78, 5) is 4.31. The zero-order valence-electron chi connectivity index (χ0n) is 10.1. The second-order valence-corrected chi connectivity index (χ2v) is 7.33. The fraction of sp³-hybridized carbons (Fsp3) is 0.818. The summed E-state index contributed by atoms with van der Waals surface area (Å²) in [7, 11) is -3.07. The Hall–Kier alpha value is -0.950. The summed E-state index contributed by atoms with van der Waals surface area (Å²) >= 11 is 0. The van der Waals surface area contributed by atoms with E-state index in [4.69, 9.17) is 4.52 Å². The summed E-state index contributed by atoms with van der Waals surface area (Å²) in [5.41, 5.74) is 0. The van der Waals surface area contributed by atoms with Crippen molar-refractivity contribution in [1.82, 2.24) is 15.5 Å². The van der Waals surface area contributed by atoms with Crippen LogP contribution in [0, 0.1) is 0 Å². The van der Waals surface area contributed by atoms with E-state index in [1.165, 1.54) is 0 Å². The molecule has 2 unspecified atom stereocenters. The van der Waals surface area contributed by atoms with Crippen LogP contribution in [0.3, 0.4) is 0 Å². The molecule has 2 atom stereocenters. The topological polar surface area (TPSA) is 85.1 Å². The van der Waals surface area contributed by atoms with Gasteiger partial charge >= 0.3 is 0 Å². The van der Waals surface area contributed by atoms with Crippen LogP contribution in [-0.2, 0) is 9.84 Å². The second-order valence-electron chi connectivity index (χ2n) is 5.03. The quantitative estimate of drug-likeness (QED) is 0.856. The van der Waals surface area contributed by atoms with Gasteiger partial charge in [0.05, 0.1) is 5.75 Å². The Balaban J connectivity index is 1.81. The third kappa shape index (κ3) is 2.16. The number of hydrogen-bond acceptors (Lipinski definition) is 6. The highest BCUT2D eigenvalue weighted by atomic mass is 32.2. The lowest BCUT2D eigenvalue weighted by molar-refractivity contribution is 0.356. The minimum atomic E-state index is -3.07. The summed E-state index contributed by atoms with van der Waals surface area (Å²) in [6.45, 7) is 1.87. The van der Waals surface area contributed by atoms with Crippen LogP contribution < -0.4 is 5.32 Å². The maximum atomic E-state index is 11.8. The molecule has 3 heterocycles. The highest BCUT2D eigenvalue weighted by Crippen LogP contribution is 2.34. The Morgan fingerprint density at radius 3 is 2.83 bits per heavy atom. The molecule has 0 amide bonds. The van der Waals surface area contributed by atoms with E-state index in [0.29, 0.717) is 18.7 Å². The predicted octanol–water partition coefficient (Wildman–Crippen LogP) is 0.786. The van der Waals surface area contributed by atoms with Crippen molar-refractivity contribution >= 4 is 9.84 Å². The summed E-state index contributed by atoms with van der Waals surface area (Å²) in [5, 5.41) is 6.67. The van der Waals surface area contributed by atoms with Crippen LogP contribution >= 0.6 is 0 Å². The van der Waals surface area contributed by atoms with E-state index in [1.54, 1.807) is 0 Å². The molecular weight excluding hydrogens is 254 g/mol. The molecule has 18 heavy (non-hydrogen) atoms. The molecule has 1 aromatic heterocycles. The van der Waals surface area contributed by atoms with Crippen molar-refractivity contribution in [2.75, 3.05) is 18.8 Å². The van der Waals surface area contributed by atoms with Gasteiger partial charge in [-0.05, 0) is 32.2 Å². The Bertz CT molecular complexity index is 519. The van der Waals surface area contributed by atoms with Gasteiger partial charge in [-0.25, -0.2) is 8.42 Å². The second kappa shape index (κ2) is 4.62. The number of aromatic nitrogens is 2. The Morgan fingerprint density at radius 2 is 2.17 bits per heavy atom. The third-order valence-electron chi connectivity index (χ3n) is 3.72. The molecule has 100 valence electrons. The maximum Gasteiger partial charge on any atom is 0.244 e. The maximum absolute atomic E-state index is 11.8. The minimum absolute atomic E-state index is 0.236. The van der Waals surface area contributed by atoms with Crippen LogP contribution in [0.25, 0.3) is 0 Å². The molecule has 0 spiro atoms. The van der Waals surface area contributed by atoms with Gasteiger partial charge in [0.25, 0.3) is 0 Å². The Morgan fingerprint density at radius 1 is 1.28 bits per heavy atom. The molecule has 1 N–H and O–H groups in total. The third-order valence-corrected chi connectivity index (χ3v) is 5.89. The van der Waals surface area contributed by atoms with Crippen LogP contribution in [0.5, 0.6) is 0 Å². The first-order valence-corrected chi connectivity index (χ1v) is 8.14. The normalized spacial score (nSPS) is 31.6. The first-order chi connectivity index (χ1) is 8.67. The summed E-state index contributed by atoms with van der Waals surface area (Å²) in [6, 6.07) is 0. The van der Waals surface area contributed by atoms with E-state index >= 15 is 0 Å². The molecule has 0 bridgehead atoms. The van der Waals surface area contributed by atoms with Gasteiger partial charge in [0, 0.05) is 12.5 Å². The van der Waals surface area contributed by atoms with Crippen molar-refractivity contribution in [2.24, 2.45) is 0 Å². The van der Waals surface area contributed by atoms with Gasteiger partial charge in [-0.2, -0.15) is 4.98 Å². The van der Waals surface area contributed by atoms with Gasteiger partial charge in [-0.3, -0.25) is 0 Å². The van der Waals surface area contributed by atoms with Crippen LogP contribution in [0.1, 0.15) is 48.6 Å². The van der Waals surface area contributed by atoms with Crippen molar-refractivity contribution in [1.29, 1.82) is 0 Å². The smallest absolute Gasteiger partial charge is 0.244 e. The van der Waals surface area contributed by atoms with Gasteiger partial charge in [0.2, 0.25) is 5.89 Å². The summed E-state index contributed by atoms with van der Waals surface area (Å²) in [5.74, 6) is 1.42. The molecular formula is C11H17N3O3S. The average molecular weight is 271 g/mol. The molecule has 0 saturated carbocycles. The Kier molecular flexibility index (Phi) is 3.11. The van der Waals surface area contributed by atoms with E-state index in [1.807, 2.05) is 0 Å². The van der Waals surface area contributed by atoms with Gasteiger partial charge in [0.15, 0.2) is 15.7 Å². The first kappa shape index (κ1) is 12.1. The summed E-state index contributed by atoms with van der Waals surface area (Å²) in [6.07, 6.45) is 3.42. The number of nitrogens with zero attached hydrogens (tertiary/aromatic N) is 2. The zero-order chi connectivity index (χ0) is 12.6. The molecule has 0 aliphatic carbocycles. The minimum Gasteiger partial charge on any atom is -0.338 e. The van der Waals surface area contributed by atoms with Gasteiger partial charge < -0.3 is 9.84 Å². The van der Waals surface area contributed by atoms with E-state index in [9.17, 15) is 8.42 Å². The number of nitrogens with one attached hydrogen (secondary N) is 1. The lowest BCUT2D eigenvalue weighted by Gasteiger charge is -2.19. The SMILES string of the molecule is O=S1(=O)CCCC1c1nc(C2CCCNC2)no1. The van der Waals surface area contributed by atoms with Crippen molar-refractivity contribution < 1.29 is 12.9 Å². The molecule has 6 nitrogen and oxygen atoms in total. The van der Waals surface area contributed by atoms with E-state index in [-0.39, 0.29) is 17.6 Å². The van der Waals surface area contributed by atoms with E-state index in [0.717, 1.165) is 25.9 Å². The Labute approximate surface area is 106 Å². The molecule has 3 rings (SSSR count). The van der Waals surface area contributed by atoms with Crippen molar-refractivity contribution in [3.8, 4) is 0 Å². The van der Waals surface area contributed by atoms with Gasteiger partial charge in [0.1, 0.15) is 5.25 Å². The number of hydrogen-bond donors (Lipinski definition) is 1. The summed E-state index contributed by atoms with van der Waals surface area (Å²) < 4.78 is 28.8. The molecule has 0 aromatic carbocycles. The largest absolute Gasteiger partial charge is 0.338 e. The molecule has 2 saturated heterocycles. The monoisotopic (exact) mass is 271 g/mol. The molecule has 1 aromatic rings. The van der Waals surface area contributed by atoms with Crippen molar-refractivity contribution in [3.63, 3.8) is 0 Å². The lowest BCUT2D eigenvalue weighted by atomic mass is 9.99. The van der Waals surface area contributed by atoms with Crippen LogP contribution in [0.15, 0.2) is 4.52 Å². The molecule has 2 aliphatic rings. The number of rotatable bonds is 2. The lowest BCUT2D eigenvalue weighted by Crippen LogP contribution is -2.28. The number of sulfone groups is 1. The highest BCUT2D eigenvalue weighted by Gasteiger charge is 2.37. The standard InChI is InChI=1S/C11H17N3O3S/c15-18(16)6-2-4-9(18)11-13-10(14-17-11)8-3-1-5-12-7-8/h8-9,12H,1-7H2. The first-order valence-electron chi connectivity index (χ1n) is 6.42. The van der Waals surface area contributed by atoms with Gasteiger partial charge in [-0.15, -0.1) is 0 Å².